The Kier molecular flexibility index (Phi) is 5.37. The molecule has 31 heavy (non-hydrogen) atoms. The molecule has 1 amide bonds. The fourth-order valence-electron chi connectivity index (χ4n) is 3.57. The predicted octanol–water partition coefficient (Wildman–Crippen LogP) is 2.76. The molecule has 1 atom stereocenters. The van der Waals surface area contributed by atoms with Crippen LogP contribution in [0.5, 0.6) is 11.5 Å². The van der Waals surface area contributed by atoms with E-state index in [0.717, 1.165) is 30.2 Å². The first-order valence-corrected chi connectivity index (χ1v) is 10.2. The van der Waals surface area contributed by atoms with Gasteiger partial charge in [0.2, 0.25) is 6.10 Å². The highest BCUT2D eigenvalue weighted by Gasteiger charge is 2.27. The zero-order valence-corrected chi connectivity index (χ0v) is 16.9. The van der Waals surface area contributed by atoms with Crippen LogP contribution in [0.3, 0.4) is 0 Å². The van der Waals surface area contributed by atoms with Crippen LogP contribution in [0.2, 0.25) is 0 Å². The van der Waals surface area contributed by atoms with E-state index >= 15 is 0 Å². The van der Waals surface area contributed by atoms with Crippen molar-refractivity contribution in [3.63, 3.8) is 0 Å². The van der Waals surface area contributed by atoms with E-state index < -0.39 is 6.10 Å². The molecule has 8 nitrogen and oxygen atoms in total. The highest BCUT2D eigenvalue weighted by atomic mass is 16.6. The number of nitrogens with zero attached hydrogens (tertiary/aromatic N) is 3. The fourth-order valence-corrected chi connectivity index (χ4v) is 3.57. The number of para-hydroxylation sites is 2. The average Bonchev–Trinajstić information content (AvgIpc) is 2.84. The minimum Gasteiger partial charge on any atom is -0.485 e. The molecule has 2 aromatic carbocycles. The van der Waals surface area contributed by atoms with E-state index in [0.29, 0.717) is 30.4 Å². The van der Waals surface area contributed by atoms with Crippen molar-refractivity contribution in [1.82, 2.24) is 10.2 Å². The smallest absolute Gasteiger partial charge is 0.269 e. The number of hydrogen-bond acceptors (Lipinski definition) is 7. The van der Waals surface area contributed by atoms with Gasteiger partial charge in [-0.05, 0) is 36.4 Å². The van der Waals surface area contributed by atoms with E-state index in [4.69, 9.17) is 14.2 Å². The quantitative estimate of drug-likeness (QED) is 0.697. The van der Waals surface area contributed by atoms with Crippen molar-refractivity contribution >= 4 is 17.4 Å². The molecule has 1 unspecified atom stereocenters. The van der Waals surface area contributed by atoms with Gasteiger partial charge < -0.3 is 24.4 Å². The maximum absolute atomic E-state index is 12.7. The third kappa shape index (κ3) is 4.29. The molecule has 0 aliphatic carbocycles. The fraction of sp³-hybridized carbons (Fsp3) is 0.261. The number of carbonyl (C=O) groups excluding carboxylic acids is 1. The molecule has 2 aliphatic rings. The molecule has 158 valence electrons. The monoisotopic (exact) mass is 418 g/mol. The molecule has 5 rings (SSSR count). The first-order valence-electron chi connectivity index (χ1n) is 10.2. The molecule has 0 radical (unpaired) electrons. The zero-order valence-electron chi connectivity index (χ0n) is 16.9. The van der Waals surface area contributed by atoms with Crippen molar-refractivity contribution in [2.45, 2.75) is 6.10 Å². The molecule has 1 fully saturated rings. The molecule has 3 heterocycles. The second-order valence-electron chi connectivity index (χ2n) is 7.31. The summed E-state index contributed by atoms with van der Waals surface area (Å²) in [7, 11) is 0. The number of rotatable bonds is 4. The van der Waals surface area contributed by atoms with E-state index in [1.807, 2.05) is 54.6 Å². The van der Waals surface area contributed by atoms with E-state index in [2.05, 4.69) is 20.4 Å². The number of aromatic nitrogens is 2. The molecule has 2 aliphatic heterocycles. The number of carbonyl (C=O) groups is 1. The molecule has 8 heteroatoms. The molecule has 1 saturated heterocycles. The van der Waals surface area contributed by atoms with E-state index in [9.17, 15) is 4.79 Å². The number of morpholine rings is 1. The number of amides is 1. The summed E-state index contributed by atoms with van der Waals surface area (Å²) in [6, 6.07) is 18.7. The van der Waals surface area contributed by atoms with Crippen molar-refractivity contribution in [3.05, 3.63) is 60.7 Å². The molecule has 0 spiro atoms. The van der Waals surface area contributed by atoms with Crippen LogP contribution < -0.4 is 19.7 Å². The topological polar surface area (TPSA) is 85.8 Å². The average molecular weight is 418 g/mol. The van der Waals surface area contributed by atoms with E-state index in [-0.39, 0.29) is 12.5 Å². The van der Waals surface area contributed by atoms with Gasteiger partial charge in [0.1, 0.15) is 6.61 Å². The Morgan fingerprint density at radius 3 is 2.61 bits per heavy atom. The third-order valence-corrected chi connectivity index (χ3v) is 5.21. The molecule has 0 saturated carbocycles. The summed E-state index contributed by atoms with van der Waals surface area (Å²) < 4.78 is 16.8. The summed E-state index contributed by atoms with van der Waals surface area (Å²) in [5.74, 6) is 1.79. The van der Waals surface area contributed by atoms with Crippen LogP contribution in [0.1, 0.15) is 0 Å². The highest BCUT2D eigenvalue weighted by molar-refractivity contribution is 5.95. The largest absolute Gasteiger partial charge is 0.485 e. The van der Waals surface area contributed by atoms with Crippen LogP contribution in [-0.2, 0) is 9.53 Å². The first-order chi connectivity index (χ1) is 15.3. The summed E-state index contributed by atoms with van der Waals surface area (Å²) >= 11 is 0. The van der Waals surface area contributed by atoms with E-state index in [1.54, 1.807) is 6.07 Å². The number of ether oxygens (including phenoxy) is 3. The van der Waals surface area contributed by atoms with Gasteiger partial charge in [-0.1, -0.05) is 24.3 Å². The van der Waals surface area contributed by atoms with Gasteiger partial charge in [-0.15, -0.1) is 10.2 Å². The van der Waals surface area contributed by atoms with Gasteiger partial charge in [-0.2, -0.15) is 0 Å². The third-order valence-electron chi connectivity index (χ3n) is 5.21. The molecule has 3 aromatic rings. The minimum atomic E-state index is -0.717. The van der Waals surface area contributed by atoms with Crippen LogP contribution in [0.15, 0.2) is 60.7 Å². The van der Waals surface area contributed by atoms with Crippen LogP contribution in [0, 0.1) is 0 Å². The number of benzene rings is 2. The zero-order chi connectivity index (χ0) is 21.0. The van der Waals surface area contributed by atoms with Gasteiger partial charge in [0, 0.05) is 24.3 Å². The summed E-state index contributed by atoms with van der Waals surface area (Å²) in [4.78, 5) is 14.8. The highest BCUT2D eigenvalue weighted by Crippen LogP contribution is 2.31. The molecule has 0 bridgehead atoms. The molecular formula is C23H22N4O4. The van der Waals surface area contributed by atoms with Crippen molar-refractivity contribution in [2.75, 3.05) is 43.1 Å². The molecule has 1 N–H and O–H groups in total. The van der Waals surface area contributed by atoms with Gasteiger partial charge in [0.25, 0.3) is 5.91 Å². The summed E-state index contributed by atoms with van der Waals surface area (Å²) in [5, 5.41) is 11.6. The lowest BCUT2D eigenvalue weighted by Gasteiger charge is -2.27. The van der Waals surface area contributed by atoms with Gasteiger partial charge in [0.15, 0.2) is 17.3 Å². The minimum absolute atomic E-state index is 0.164. The SMILES string of the molecule is O=C(Nc1cccc(-c2ccc(N3CCOCC3)nn2)c1)C1COc2ccccc2O1. The summed E-state index contributed by atoms with van der Waals surface area (Å²) in [6.45, 7) is 3.19. The van der Waals surface area contributed by atoms with Crippen molar-refractivity contribution in [3.8, 4) is 22.8 Å². The Labute approximate surface area is 179 Å². The van der Waals surface area contributed by atoms with Crippen molar-refractivity contribution in [1.29, 1.82) is 0 Å². The number of fused-ring (bicyclic) bond motifs is 1. The lowest BCUT2D eigenvalue weighted by molar-refractivity contribution is -0.125. The standard InChI is InChI=1S/C23H22N4O4/c28-23(21-15-30-19-6-1-2-7-20(19)31-21)24-17-5-3-4-16(14-17)18-8-9-22(26-25-18)27-10-12-29-13-11-27/h1-9,14,21H,10-13,15H2,(H,24,28). The lowest BCUT2D eigenvalue weighted by atomic mass is 10.1. The number of anilines is 2. The normalized spacial score (nSPS) is 17.8. The Balaban J connectivity index is 1.26. The molecule has 1 aromatic heterocycles. The van der Waals surface area contributed by atoms with Crippen LogP contribution >= 0.6 is 0 Å². The Morgan fingerprint density at radius 1 is 0.968 bits per heavy atom. The Bertz CT molecular complexity index is 1070. The number of nitrogens with one attached hydrogen (secondary N) is 1. The van der Waals surface area contributed by atoms with Gasteiger partial charge in [-0.25, -0.2) is 0 Å². The van der Waals surface area contributed by atoms with Crippen LogP contribution in [-0.4, -0.2) is 55.1 Å². The van der Waals surface area contributed by atoms with Gasteiger partial charge in [-0.3, -0.25) is 4.79 Å². The maximum atomic E-state index is 12.7. The van der Waals surface area contributed by atoms with Crippen molar-refractivity contribution in [2.24, 2.45) is 0 Å². The van der Waals surface area contributed by atoms with Crippen LogP contribution in [0.4, 0.5) is 11.5 Å². The van der Waals surface area contributed by atoms with Gasteiger partial charge in [0.05, 0.1) is 18.9 Å². The second kappa shape index (κ2) is 8.61. The number of hydrogen-bond donors (Lipinski definition) is 1. The summed E-state index contributed by atoms with van der Waals surface area (Å²) in [6.07, 6.45) is -0.717. The second-order valence-corrected chi connectivity index (χ2v) is 7.31. The Hall–Kier alpha value is -3.65. The maximum Gasteiger partial charge on any atom is 0.269 e. The van der Waals surface area contributed by atoms with Crippen LogP contribution in [0.25, 0.3) is 11.3 Å². The Morgan fingerprint density at radius 2 is 1.81 bits per heavy atom. The lowest BCUT2D eigenvalue weighted by Crippen LogP contribution is -2.40. The predicted molar refractivity (Wildman–Crippen MR) is 115 cm³/mol. The first kappa shape index (κ1) is 19.3. The van der Waals surface area contributed by atoms with Crippen molar-refractivity contribution < 1.29 is 19.0 Å². The van der Waals surface area contributed by atoms with Gasteiger partial charge >= 0.3 is 0 Å². The van der Waals surface area contributed by atoms with E-state index in [1.165, 1.54) is 0 Å². The molecular weight excluding hydrogens is 396 g/mol. The summed E-state index contributed by atoms with van der Waals surface area (Å²) in [5.41, 5.74) is 2.26.